The lowest BCUT2D eigenvalue weighted by Gasteiger charge is -2.31. The molecule has 0 spiro atoms. The minimum absolute atomic E-state index is 0.00485. The highest BCUT2D eigenvalue weighted by molar-refractivity contribution is 4.78. The molecule has 2 heteroatoms. The van der Waals surface area contributed by atoms with Crippen LogP contribution in [-0.2, 0) is 4.74 Å². The van der Waals surface area contributed by atoms with E-state index < -0.39 is 0 Å². The zero-order chi connectivity index (χ0) is 11.4. The zero-order valence-electron chi connectivity index (χ0n) is 10.7. The molecule has 1 unspecified atom stereocenters. The normalized spacial score (nSPS) is 15.6. The summed E-state index contributed by atoms with van der Waals surface area (Å²) in [4.78, 5) is 0. The first-order valence-corrected chi connectivity index (χ1v) is 5.49. The number of nitrogens with two attached hydrogens (primary N) is 1. The van der Waals surface area contributed by atoms with Crippen LogP contribution >= 0.6 is 0 Å². The van der Waals surface area contributed by atoms with Gasteiger partial charge in [-0.3, -0.25) is 0 Å². The Morgan fingerprint density at radius 2 is 1.64 bits per heavy atom. The fourth-order valence-electron chi connectivity index (χ4n) is 1.72. The van der Waals surface area contributed by atoms with Gasteiger partial charge in [0.2, 0.25) is 0 Å². The van der Waals surface area contributed by atoms with Gasteiger partial charge in [-0.05, 0) is 45.4 Å². The van der Waals surface area contributed by atoms with E-state index in [1.165, 1.54) is 0 Å². The Kier molecular flexibility index (Phi) is 5.10. The maximum atomic E-state index is 5.82. The van der Waals surface area contributed by atoms with Crippen LogP contribution in [0.3, 0.4) is 0 Å². The van der Waals surface area contributed by atoms with Gasteiger partial charge in [-0.15, -0.1) is 0 Å². The van der Waals surface area contributed by atoms with E-state index in [0.29, 0.717) is 5.41 Å². The molecule has 2 nitrogen and oxygen atoms in total. The molecule has 0 fully saturated rings. The van der Waals surface area contributed by atoms with Crippen molar-refractivity contribution in [2.75, 3.05) is 7.11 Å². The summed E-state index contributed by atoms with van der Waals surface area (Å²) in [5.41, 5.74) is 6.14. The molecule has 0 saturated heterocycles. The van der Waals surface area contributed by atoms with E-state index in [1.807, 2.05) is 0 Å². The topological polar surface area (TPSA) is 35.2 Å². The van der Waals surface area contributed by atoms with Gasteiger partial charge in [-0.1, -0.05) is 13.8 Å². The molecule has 0 rings (SSSR count). The molecular formula is C12H27NO. The average molecular weight is 201 g/mol. The van der Waals surface area contributed by atoms with E-state index in [0.717, 1.165) is 19.3 Å². The Balaban J connectivity index is 3.98. The van der Waals surface area contributed by atoms with Crippen LogP contribution in [-0.4, -0.2) is 18.8 Å². The largest absolute Gasteiger partial charge is 0.379 e. The molecule has 0 bridgehead atoms. The number of hydrogen-bond donors (Lipinski definition) is 1. The van der Waals surface area contributed by atoms with E-state index in [-0.39, 0.29) is 11.6 Å². The second-order valence-electron chi connectivity index (χ2n) is 5.81. The second-order valence-corrected chi connectivity index (χ2v) is 5.81. The molecular weight excluding hydrogens is 174 g/mol. The summed E-state index contributed by atoms with van der Waals surface area (Å²) >= 11 is 0. The van der Waals surface area contributed by atoms with Crippen molar-refractivity contribution in [2.45, 2.75) is 65.5 Å². The first-order chi connectivity index (χ1) is 6.18. The monoisotopic (exact) mass is 201 g/mol. The van der Waals surface area contributed by atoms with Gasteiger partial charge in [-0.2, -0.15) is 0 Å². The second kappa shape index (κ2) is 5.13. The van der Waals surface area contributed by atoms with E-state index in [9.17, 15) is 0 Å². The van der Waals surface area contributed by atoms with Gasteiger partial charge in [0, 0.05) is 13.2 Å². The minimum Gasteiger partial charge on any atom is -0.379 e. The van der Waals surface area contributed by atoms with Crippen LogP contribution in [0, 0.1) is 5.41 Å². The molecule has 0 aliphatic heterocycles. The fraction of sp³-hybridized carbons (Fsp3) is 1.00. The molecule has 0 aliphatic rings. The third kappa shape index (κ3) is 6.39. The van der Waals surface area contributed by atoms with Crippen LogP contribution in [0.2, 0.25) is 0 Å². The van der Waals surface area contributed by atoms with Crippen molar-refractivity contribution in [1.29, 1.82) is 0 Å². The van der Waals surface area contributed by atoms with Gasteiger partial charge >= 0.3 is 0 Å². The Hall–Kier alpha value is -0.0800. The third-order valence-electron chi connectivity index (χ3n) is 2.83. The molecule has 0 heterocycles. The third-order valence-corrected chi connectivity index (χ3v) is 2.83. The summed E-state index contributed by atoms with van der Waals surface area (Å²) in [6.07, 6.45) is 3.32. The predicted molar refractivity (Wildman–Crippen MR) is 62.4 cm³/mol. The zero-order valence-corrected chi connectivity index (χ0v) is 10.7. The van der Waals surface area contributed by atoms with Gasteiger partial charge in [0.15, 0.2) is 0 Å². The van der Waals surface area contributed by atoms with Crippen molar-refractivity contribution >= 4 is 0 Å². The van der Waals surface area contributed by atoms with Gasteiger partial charge in [0.25, 0.3) is 0 Å². The Bertz CT molecular complexity index is 162. The highest BCUT2D eigenvalue weighted by Gasteiger charge is 2.24. The summed E-state index contributed by atoms with van der Waals surface area (Å²) < 4.78 is 5.41. The van der Waals surface area contributed by atoms with Gasteiger partial charge in [-0.25, -0.2) is 0 Å². The van der Waals surface area contributed by atoms with Gasteiger partial charge in [0.1, 0.15) is 0 Å². The molecule has 14 heavy (non-hydrogen) atoms. The Labute approximate surface area is 89.2 Å². The first kappa shape index (κ1) is 13.9. The summed E-state index contributed by atoms with van der Waals surface area (Å²) in [6.45, 7) is 10.9. The molecule has 0 aliphatic carbocycles. The summed E-state index contributed by atoms with van der Waals surface area (Å²) in [7, 11) is 1.78. The molecule has 0 saturated carbocycles. The van der Waals surface area contributed by atoms with E-state index >= 15 is 0 Å². The Morgan fingerprint density at radius 1 is 1.14 bits per heavy atom. The van der Waals surface area contributed by atoms with E-state index in [1.54, 1.807) is 7.11 Å². The summed E-state index contributed by atoms with van der Waals surface area (Å²) in [5, 5.41) is 0. The maximum Gasteiger partial charge on any atom is 0.0623 e. The molecule has 0 aromatic rings. The number of methoxy groups -OCH3 is 1. The first-order valence-electron chi connectivity index (χ1n) is 5.49. The maximum absolute atomic E-state index is 5.82. The molecule has 0 radical (unpaired) electrons. The summed E-state index contributed by atoms with van der Waals surface area (Å²) in [5.74, 6) is 0. The van der Waals surface area contributed by atoms with Crippen molar-refractivity contribution in [2.24, 2.45) is 11.1 Å². The average Bonchev–Trinajstić information content (AvgIpc) is 1.99. The van der Waals surface area contributed by atoms with Crippen LogP contribution in [0.1, 0.15) is 53.9 Å². The molecule has 1 atom stereocenters. The predicted octanol–water partition coefficient (Wildman–Crippen LogP) is 2.96. The van der Waals surface area contributed by atoms with E-state index in [2.05, 4.69) is 34.6 Å². The quantitative estimate of drug-likeness (QED) is 0.717. The highest BCUT2D eigenvalue weighted by Crippen LogP contribution is 2.31. The van der Waals surface area contributed by atoms with Crippen LogP contribution < -0.4 is 5.73 Å². The standard InChI is InChI=1S/C12H27NO/c1-10(13)9-11(2,3)7-8-12(4,5)14-6/h10H,7-9,13H2,1-6H3. The number of ether oxygens (including phenoxy) is 1. The van der Waals surface area contributed by atoms with Crippen LogP contribution in [0.15, 0.2) is 0 Å². The summed E-state index contributed by atoms with van der Waals surface area (Å²) in [6, 6.07) is 0.288. The lowest BCUT2D eigenvalue weighted by Crippen LogP contribution is -2.29. The van der Waals surface area contributed by atoms with Crippen molar-refractivity contribution in [3.63, 3.8) is 0 Å². The highest BCUT2D eigenvalue weighted by atomic mass is 16.5. The molecule has 86 valence electrons. The van der Waals surface area contributed by atoms with Crippen molar-refractivity contribution in [3.05, 3.63) is 0 Å². The van der Waals surface area contributed by atoms with Crippen LogP contribution in [0.4, 0.5) is 0 Å². The Morgan fingerprint density at radius 3 is 2.00 bits per heavy atom. The fourth-order valence-corrected chi connectivity index (χ4v) is 1.72. The molecule has 0 amide bonds. The van der Waals surface area contributed by atoms with Gasteiger partial charge in [0.05, 0.1) is 5.60 Å². The van der Waals surface area contributed by atoms with Gasteiger partial charge < -0.3 is 10.5 Å². The SMILES string of the molecule is COC(C)(C)CCC(C)(C)CC(C)N. The van der Waals surface area contributed by atoms with E-state index in [4.69, 9.17) is 10.5 Å². The van der Waals surface area contributed by atoms with Crippen LogP contribution in [0.5, 0.6) is 0 Å². The lowest BCUT2D eigenvalue weighted by molar-refractivity contribution is 0.00494. The smallest absolute Gasteiger partial charge is 0.0623 e. The lowest BCUT2D eigenvalue weighted by atomic mass is 9.79. The van der Waals surface area contributed by atoms with Crippen molar-refractivity contribution in [1.82, 2.24) is 0 Å². The van der Waals surface area contributed by atoms with Crippen molar-refractivity contribution in [3.8, 4) is 0 Å². The number of hydrogen-bond acceptors (Lipinski definition) is 2. The minimum atomic E-state index is -0.00485. The van der Waals surface area contributed by atoms with Crippen molar-refractivity contribution < 1.29 is 4.74 Å². The molecule has 2 N–H and O–H groups in total. The molecule has 0 aromatic carbocycles. The van der Waals surface area contributed by atoms with Crippen LogP contribution in [0.25, 0.3) is 0 Å². The number of rotatable bonds is 6. The molecule has 0 aromatic heterocycles.